The minimum atomic E-state index is -0.893. The second kappa shape index (κ2) is 4.95. The van der Waals surface area contributed by atoms with Crippen LogP contribution in [-0.4, -0.2) is 36.2 Å². The number of carbonyl (C=O) groups is 2. The molecule has 0 aliphatic carbocycles. The van der Waals surface area contributed by atoms with Gasteiger partial charge in [-0.15, -0.1) is 0 Å². The van der Waals surface area contributed by atoms with Crippen LogP contribution >= 0.6 is 0 Å². The summed E-state index contributed by atoms with van der Waals surface area (Å²) in [6, 6.07) is -0.299. The van der Waals surface area contributed by atoms with Gasteiger partial charge in [0.2, 0.25) is 5.91 Å². The summed E-state index contributed by atoms with van der Waals surface area (Å²) in [5.41, 5.74) is 0. The van der Waals surface area contributed by atoms with Crippen molar-refractivity contribution in [3.63, 3.8) is 0 Å². The number of nitrogens with one attached hydrogen (secondary N) is 1. The van der Waals surface area contributed by atoms with Crippen LogP contribution in [0.25, 0.3) is 0 Å². The summed E-state index contributed by atoms with van der Waals surface area (Å²) in [7, 11) is 0. The van der Waals surface area contributed by atoms with Crippen molar-refractivity contribution >= 4 is 11.9 Å². The average Bonchev–Trinajstić information content (AvgIpc) is 2.52. The Hall–Kier alpha value is -1.10. The summed E-state index contributed by atoms with van der Waals surface area (Å²) in [5, 5.41) is 11.3. The topological polar surface area (TPSA) is 75.6 Å². The van der Waals surface area contributed by atoms with Crippen LogP contribution in [0.15, 0.2) is 0 Å². The minimum absolute atomic E-state index is 0.0341. The Morgan fingerprint density at radius 1 is 1.64 bits per heavy atom. The number of carboxylic acids is 1. The number of carboxylic acid groups (broad SMARTS) is 1. The van der Waals surface area contributed by atoms with Gasteiger partial charge in [0, 0.05) is 25.5 Å². The van der Waals surface area contributed by atoms with E-state index >= 15 is 0 Å². The molecule has 0 aromatic heterocycles. The van der Waals surface area contributed by atoms with Crippen LogP contribution in [0.2, 0.25) is 0 Å². The van der Waals surface area contributed by atoms with Crippen molar-refractivity contribution in [1.82, 2.24) is 5.32 Å². The van der Waals surface area contributed by atoms with Gasteiger partial charge in [-0.1, -0.05) is 0 Å². The molecule has 1 aliphatic rings. The monoisotopic (exact) mass is 201 g/mol. The molecule has 0 saturated carbocycles. The SMILES string of the molecule is CC(=O)NC(CC(=O)O)C1CCOC1. The van der Waals surface area contributed by atoms with Gasteiger partial charge in [0.15, 0.2) is 0 Å². The minimum Gasteiger partial charge on any atom is -0.481 e. The van der Waals surface area contributed by atoms with Gasteiger partial charge in [0.25, 0.3) is 0 Å². The zero-order chi connectivity index (χ0) is 10.6. The Bertz CT molecular complexity index is 207. The fourth-order valence-corrected chi connectivity index (χ4v) is 1.65. The number of aliphatic carboxylic acids is 1. The van der Waals surface area contributed by atoms with Crippen molar-refractivity contribution in [2.24, 2.45) is 5.92 Å². The van der Waals surface area contributed by atoms with E-state index in [1.54, 1.807) is 0 Å². The molecular weight excluding hydrogens is 186 g/mol. The van der Waals surface area contributed by atoms with Gasteiger partial charge in [-0.2, -0.15) is 0 Å². The Labute approximate surface area is 82.4 Å². The van der Waals surface area contributed by atoms with Crippen molar-refractivity contribution in [2.45, 2.75) is 25.8 Å². The van der Waals surface area contributed by atoms with Crippen molar-refractivity contribution in [1.29, 1.82) is 0 Å². The van der Waals surface area contributed by atoms with Crippen LogP contribution in [0.5, 0.6) is 0 Å². The van der Waals surface area contributed by atoms with Gasteiger partial charge in [0.05, 0.1) is 13.0 Å². The van der Waals surface area contributed by atoms with Gasteiger partial charge in [-0.05, 0) is 6.42 Å². The van der Waals surface area contributed by atoms with Crippen LogP contribution in [-0.2, 0) is 14.3 Å². The first-order chi connectivity index (χ1) is 6.59. The van der Waals surface area contributed by atoms with Gasteiger partial charge in [0.1, 0.15) is 0 Å². The summed E-state index contributed by atoms with van der Waals surface area (Å²) in [4.78, 5) is 21.4. The van der Waals surface area contributed by atoms with E-state index in [-0.39, 0.29) is 24.3 Å². The standard InChI is InChI=1S/C9H15NO4/c1-6(11)10-8(4-9(12)13)7-2-3-14-5-7/h7-8H,2-5H2,1H3,(H,10,11)(H,12,13). The lowest BCUT2D eigenvalue weighted by Gasteiger charge is -2.21. The highest BCUT2D eigenvalue weighted by Crippen LogP contribution is 2.18. The molecule has 5 heteroatoms. The quantitative estimate of drug-likeness (QED) is 0.671. The smallest absolute Gasteiger partial charge is 0.305 e. The maximum Gasteiger partial charge on any atom is 0.305 e. The van der Waals surface area contributed by atoms with Gasteiger partial charge in [-0.3, -0.25) is 9.59 Å². The predicted octanol–water partition coefficient (Wildman–Crippen LogP) is 0.00230. The zero-order valence-electron chi connectivity index (χ0n) is 8.16. The van der Waals surface area contributed by atoms with Crippen molar-refractivity contribution in [3.8, 4) is 0 Å². The van der Waals surface area contributed by atoms with E-state index in [1.165, 1.54) is 6.92 Å². The molecule has 1 amide bonds. The summed E-state index contributed by atoms with van der Waals surface area (Å²) < 4.78 is 5.16. The Morgan fingerprint density at radius 2 is 2.36 bits per heavy atom. The van der Waals surface area contributed by atoms with E-state index in [1.807, 2.05) is 0 Å². The number of rotatable bonds is 4. The Morgan fingerprint density at radius 3 is 2.79 bits per heavy atom. The lowest BCUT2D eigenvalue weighted by atomic mass is 9.96. The molecule has 14 heavy (non-hydrogen) atoms. The number of amides is 1. The summed E-state index contributed by atoms with van der Waals surface area (Å²) in [6.07, 6.45) is 0.784. The number of carbonyl (C=O) groups excluding carboxylic acids is 1. The van der Waals surface area contributed by atoms with Gasteiger partial charge < -0.3 is 15.2 Å². The first-order valence-corrected chi connectivity index (χ1v) is 4.66. The number of hydrogen-bond donors (Lipinski definition) is 2. The van der Waals surface area contributed by atoms with Crippen LogP contribution < -0.4 is 5.32 Å². The predicted molar refractivity (Wildman–Crippen MR) is 48.8 cm³/mol. The molecule has 0 aromatic carbocycles. The Kier molecular flexibility index (Phi) is 3.88. The summed E-state index contributed by atoms with van der Waals surface area (Å²) in [6.45, 7) is 2.59. The largest absolute Gasteiger partial charge is 0.481 e. The lowest BCUT2D eigenvalue weighted by Crippen LogP contribution is -2.41. The van der Waals surface area contributed by atoms with Gasteiger partial charge in [-0.25, -0.2) is 0 Å². The lowest BCUT2D eigenvalue weighted by molar-refractivity contribution is -0.138. The first kappa shape index (κ1) is 11.0. The number of hydrogen-bond acceptors (Lipinski definition) is 3. The van der Waals surface area contributed by atoms with Crippen molar-refractivity contribution < 1.29 is 19.4 Å². The average molecular weight is 201 g/mol. The molecule has 0 radical (unpaired) electrons. The molecule has 1 aliphatic heterocycles. The van der Waals surface area contributed by atoms with Crippen molar-refractivity contribution in [2.75, 3.05) is 13.2 Å². The fourth-order valence-electron chi connectivity index (χ4n) is 1.65. The molecule has 1 rings (SSSR count). The van der Waals surface area contributed by atoms with E-state index in [0.717, 1.165) is 6.42 Å². The van der Waals surface area contributed by atoms with Crippen LogP contribution in [0.1, 0.15) is 19.8 Å². The van der Waals surface area contributed by atoms with E-state index in [9.17, 15) is 9.59 Å². The second-order valence-electron chi connectivity index (χ2n) is 3.53. The summed E-state index contributed by atoms with van der Waals surface area (Å²) in [5.74, 6) is -0.950. The molecule has 1 heterocycles. The summed E-state index contributed by atoms with van der Waals surface area (Å²) >= 11 is 0. The molecule has 2 atom stereocenters. The molecule has 0 bridgehead atoms. The second-order valence-corrected chi connectivity index (χ2v) is 3.53. The molecule has 1 saturated heterocycles. The molecule has 0 spiro atoms. The molecule has 2 N–H and O–H groups in total. The molecular formula is C9H15NO4. The third-order valence-corrected chi connectivity index (χ3v) is 2.32. The van der Waals surface area contributed by atoms with E-state index in [0.29, 0.717) is 13.2 Å². The normalized spacial score (nSPS) is 23.1. The highest BCUT2D eigenvalue weighted by Gasteiger charge is 2.28. The van der Waals surface area contributed by atoms with Crippen molar-refractivity contribution in [3.05, 3.63) is 0 Å². The fraction of sp³-hybridized carbons (Fsp3) is 0.778. The van der Waals surface area contributed by atoms with E-state index < -0.39 is 5.97 Å². The van der Waals surface area contributed by atoms with Crippen LogP contribution in [0, 0.1) is 5.92 Å². The third-order valence-electron chi connectivity index (χ3n) is 2.32. The van der Waals surface area contributed by atoms with Crippen LogP contribution in [0.4, 0.5) is 0 Å². The molecule has 1 fully saturated rings. The zero-order valence-corrected chi connectivity index (χ0v) is 8.16. The number of ether oxygens (including phenoxy) is 1. The maximum absolute atomic E-state index is 10.8. The first-order valence-electron chi connectivity index (χ1n) is 4.66. The van der Waals surface area contributed by atoms with Crippen LogP contribution in [0.3, 0.4) is 0 Å². The van der Waals surface area contributed by atoms with Gasteiger partial charge >= 0.3 is 5.97 Å². The molecule has 2 unspecified atom stereocenters. The highest BCUT2D eigenvalue weighted by molar-refractivity contribution is 5.75. The molecule has 0 aromatic rings. The highest BCUT2D eigenvalue weighted by atomic mass is 16.5. The Balaban J connectivity index is 2.50. The molecule has 5 nitrogen and oxygen atoms in total. The molecule has 80 valence electrons. The third kappa shape index (κ3) is 3.33. The van der Waals surface area contributed by atoms with E-state index in [2.05, 4.69) is 5.32 Å². The maximum atomic E-state index is 10.8. The van der Waals surface area contributed by atoms with E-state index in [4.69, 9.17) is 9.84 Å².